The summed E-state index contributed by atoms with van der Waals surface area (Å²) in [5.41, 5.74) is 0.168. The van der Waals surface area contributed by atoms with Crippen LogP contribution < -0.4 is 5.32 Å². The molecule has 3 N–H and O–H groups in total. The predicted octanol–water partition coefficient (Wildman–Crippen LogP) is 2.15. The van der Waals surface area contributed by atoms with Gasteiger partial charge in [-0.2, -0.15) is 0 Å². The summed E-state index contributed by atoms with van der Waals surface area (Å²) < 4.78 is 26.4. The quantitative estimate of drug-likeness (QED) is 0.710. The molecule has 0 radical (unpaired) electrons. The highest BCUT2D eigenvalue weighted by atomic mass is 19.1. The molecule has 1 unspecified atom stereocenters. The molecule has 1 aromatic heterocycles. The summed E-state index contributed by atoms with van der Waals surface area (Å²) in [4.78, 5) is 29.6. The topological polar surface area (TPSA) is 95.1 Å². The molecule has 1 amide bonds. The zero-order valence-corrected chi connectivity index (χ0v) is 11.8. The van der Waals surface area contributed by atoms with Gasteiger partial charge in [0.15, 0.2) is 5.78 Å². The zero-order chi connectivity index (χ0) is 16.8. The van der Waals surface area contributed by atoms with Crippen LogP contribution in [0.4, 0.5) is 13.6 Å². The number of amides is 1. The third-order valence-corrected chi connectivity index (χ3v) is 2.93. The first-order chi connectivity index (χ1) is 10.9. The third kappa shape index (κ3) is 5.03. The summed E-state index contributed by atoms with van der Waals surface area (Å²) in [5, 5.41) is 10.9. The Bertz CT molecular complexity index is 709. The Hall–Kier alpha value is -3.03. The first kappa shape index (κ1) is 16.3. The Morgan fingerprint density at radius 3 is 2.57 bits per heavy atom. The van der Waals surface area contributed by atoms with Crippen LogP contribution >= 0.6 is 0 Å². The maximum Gasteiger partial charge on any atom is 0.405 e. The summed E-state index contributed by atoms with van der Waals surface area (Å²) >= 11 is 0. The first-order valence-corrected chi connectivity index (χ1v) is 6.60. The Morgan fingerprint density at radius 1 is 1.30 bits per heavy atom. The largest absolute Gasteiger partial charge is 0.465 e. The summed E-state index contributed by atoms with van der Waals surface area (Å²) in [7, 11) is 0. The SMILES string of the molecule is O=C(O)NC(Cc1cc(F)cc(F)c1)C(=O)/C=C/c1ncc[nH]1. The van der Waals surface area contributed by atoms with Gasteiger partial charge in [0.05, 0.1) is 6.04 Å². The number of aromatic nitrogens is 2. The molecule has 0 aliphatic heterocycles. The van der Waals surface area contributed by atoms with Gasteiger partial charge in [-0.15, -0.1) is 0 Å². The molecular weight excluding hydrogens is 308 g/mol. The van der Waals surface area contributed by atoms with Gasteiger partial charge < -0.3 is 15.4 Å². The average Bonchev–Trinajstić information content (AvgIpc) is 2.95. The highest BCUT2D eigenvalue weighted by molar-refractivity contribution is 5.98. The Labute approximate surface area is 129 Å². The molecule has 2 aromatic rings. The van der Waals surface area contributed by atoms with Crippen molar-refractivity contribution in [2.75, 3.05) is 0 Å². The van der Waals surface area contributed by atoms with Crippen molar-refractivity contribution >= 4 is 18.0 Å². The van der Waals surface area contributed by atoms with Crippen molar-refractivity contribution in [1.29, 1.82) is 0 Å². The van der Waals surface area contributed by atoms with Crippen LogP contribution in [0, 0.1) is 11.6 Å². The highest BCUT2D eigenvalue weighted by Gasteiger charge is 2.19. The van der Waals surface area contributed by atoms with E-state index < -0.39 is 29.6 Å². The lowest BCUT2D eigenvalue weighted by molar-refractivity contribution is -0.116. The fraction of sp³-hybridized carbons (Fsp3) is 0.133. The molecule has 0 saturated carbocycles. The van der Waals surface area contributed by atoms with E-state index in [1.165, 1.54) is 12.3 Å². The molecule has 2 rings (SSSR count). The zero-order valence-electron chi connectivity index (χ0n) is 11.8. The number of aromatic amines is 1. The molecule has 6 nitrogen and oxygen atoms in total. The van der Waals surface area contributed by atoms with Crippen LogP contribution in [-0.4, -0.2) is 33.0 Å². The van der Waals surface area contributed by atoms with Crippen molar-refractivity contribution < 1.29 is 23.5 Å². The monoisotopic (exact) mass is 321 g/mol. The number of rotatable bonds is 6. The fourth-order valence-electron chi connectivity index (χ4n) is 1.98. The minimum atomic E-state index is -1.41. The molecule has 0 saturated heterocycles. The number of H-pyrrole nitrogens is 1. The highest BCUT2D eigenvalue weighted by Crippen LogP contribution is 2.11. The molecule has 0 aliphatic carbocycles. The Balaban J connectivity index is 2.15. The number of carbonyl (C=O) groups excluding carboxylic acids is 1. The number of ketones is 1. The number of benzene rings is 1. The Kier molecular flexibility index (Phi) is 5.19. The van der Waals surface area contributed by atoms with E-state index >= 15 is 0 Å². The molecule has 1 atom stereocenters. The smallest absolute Gasteiger partial charge is 0.405 e. The minimum absolute atomic E-state index is 0.168. The van der Waals surface area contributed by atoms with Crippen molar-refractivity contribution in [3.8, 4) is 0 Å². The molecule has 1 aromatic carbocycles. The van der Waals surface area contributed by atoms with E-state index in [0.29, 0.717) is 11.9 Å². The van der Waals surface area contributed by atoms with Gasteiger partial charge in [-0.25, -0.2) is 18.6 Å². The second kappa shape index (κ2) is 7.30. The number of hydrogen-bond acceptors (Lipinski definition) is 3. The maximum absolute atomic E-state index is 13.2. The first-order valence-electron chi connectivity index (χ1n) is 6.60. The van der Waals surface area contributed by atoms with Crippen molar-refractivity contribution in [1.82, 2.24) is 15.3 Å². The van der Waals surface area contributed by atoms with Gasteiger partial charge in [0.1, 0.15) is 17.5 Å². The van der Waals surface area contributed by atoms with Gasteiger partial charge in [0.2, 0.25) is 0 Å². The summed E-state index contributed by atoms with van der Waals surface area (Å²) in [5.74, 6) is -1.74. The molecular formula is C15H13F2N3O3. The van der Waals surface area contributed by atoms with Gasteiger partial charge in [-0.1, -0.05) is 0 Å². The molecule has 23 heavy (non-hydrogen) atoms. The normalized spacial score (nSPS) is 12.3. The van der Waals surface area contributed by atoms with Crippen LogP contribution in [0.15, 0.2) is 36.7 Å². The number of hydrogen-bond donors (Lipinski definition) is 3. The van der Waals surface area contributed by atoms with Crippen LogP contribution in [0.3, 0.4) is 0 Å². The van der Waals surface area contributed by atoms with E-state index in [2.05, 4.69) is 9.97 Å². The summed E-state index contributed by atoms with van der Waals surface area (Å²) in [6.07, 6.45) is 3.99. The molecule has 0 fully saturated rings. The number of nitrogens with one attached hydrogen (secondary N) is 2. The molecule has 0 aliphatic rings. The molecule has 1 heterocycles. The number of halogens is 2. The van der Waals surface area contributed by atoms with E-state index in [4.69, 9.17) is 5.11 Å². The predicted molar refractivity (Wildman–Crippen MR) is 77.6 cm³/mol. The average molecular weight is 321 g/mol. The number of carbonyl (C=O) groups is 2. The van der Waals surface area contributed by atoms with Crippen molar-refractivity contribution in [3.05, 3.63) is 59.7 Å². The van der Waals surface area contributed by atoms with Crippen LogP contribution in [0.2, 0.25) is 0 Å². The fourth-order valence-corrected chi connectivity index (χ4v) is 1.98. The van der Waals surface area contributed by atoms with Gasteiger partial charge in [-0.3, -0.25) is 4.79 Å². The van der Waals surface area contributed by atoms with Crippen LogP contribution in [0.1, 0.15) is 11.4 Å². The lowest BCUT2D eigenvalue weighted by Crippen LogP contribution is -2.41. The van der Waals surface area contributed by atoms with Gasteiger partial charge in [0.25, 0.3) is 0 Å². The van der Waals surface area contributed by atoms with Gasteiger partial charge in [-0.05, 0) is 29.8 Å². The van der Waals surface area contributed by atoms with Crippen molar-refractivity contribution in [2.24, 2.45) is 0 Å². The minimum Gasteiger partial charge on any atom is -0.465 e. The summed E-state index contributed by atoms with van der Waals surface area (Å²) in [6, 6.07) is 1.62. The Morgan fingerprint density at radius 2 is 2.00 bits per heavy atom. The van der Waals surface area contributed by atoms with Crippen molar-refractivity contribution in [3.63, 3.8) is 0 Å². The van der Waals surface area contributed by atoms with Crippen LogP contribution in [0.5, 0.6) is 0 Å². The third-order valence-electron chi connectivity index (χ3n) is 2.93. The van der Waals surface area contributed by atoms with E-state index in [9.17, 15) is 18.4 Å². The van der Waals surface area contributed by atoms with Gasteiger partial charge in [0, 0.05) is 24.9 Å². The molecule has 120 valence electrons. The van der Waals surface area contributed by atoms with E-state index in [0.717, 1.165) is 18.2 Å². The van der Waals surface area contributed by atoms with E-state index in [1.54, 1.807) is 6.20 Å². The lowest BCUT2D eigenvalue weighted by atomic mass is 10.0. The standard InChI is InChI=1S/C15H13F2N3O3/c16-10-5-9(6-11(17)8-10)7-12(20-15(22)23)13(21)1-2-14-18-3-4-19-14/h1-6,8,12,20H,7H2,(H,18,19)(H,22,23)/b2-1+. The lowest BCUT2D eigenvalue weighted by Gasteiger charge is -2.14. The van der Waals surface area contributed by atoms with Gasteiger partial charge >= 0.3 is 6.09 Å². The number of carboxylic acid groups (broad SMARTS) is 1. The second-order valence-corrected chi connectivity index (χ2v) is 4.69. The maximum atomic E-state index is 13.2. The van der Waals surface area contributed by atoms with Crippen LogP contribution in [0.25, 0.3) is 6.08 Å². The van der Waals surface area contributed by atoms with Crippen LogP contribution in [-0.2, 0) is 11.2 Å². The summed E-state index contributed by atoms with van der Waals surface area (Å²) in [6.45, 7) is 0. The second-order valence-electron chi connectivity index (χ2n) is 4.69. The van der Waals surface area contributed by atoms with E-state index in [-0.39, 0.29) is 12.0 Å². The van der Waals surface area contributed by atoms with E-state index in [1.807, 2.05) is 5.32 Å². The molecule has 0 bridgehead atoms. The molecule has 0 spiro atoms. The van der Waals surface area contributed by atoms with Crippen molar-refractivity contribution in [2.45, 2.75) is 12.5 Å². The number of imidazole rings is 1. The number of nitrogens with zero attached hydrogens (tertiary/aromatic N) is 1. The molecule has 8 heteroatoms.